The molecule has 0 aromatic heterocycles. The van der Waals surface area contributed by atoms with E-state index in [1.165, 1.54) is 12.8 Å². The first-order valence-corrected chi connectivity index (χ1v) is 8.33. The van der Waals surface area contributed by atoms with Crippen molar-refractivity contribution in [1.29, 1.82) is 0 Å². The van der Waals surface area contributed by atoms with Crippen LogP contribution in [0.1, 0.15) is 50.6 Å². The van der Waals surface area contributed by atoms with Crippen molar-refractivity contribution in [2.24, 2.45) is 5.92 Å². The van der Waals surface area contributed by atoms with Crippen LogP contribution in [-0.2, 0) is 4.79 Å². The zero-order valence-electron chi connectivity index (χ0n) is 13.5. The summed E-state index contributed by atoms with van der Waals surface area (Å²) < 4.78 is 5.24. The van der Waals surface area contributed by atoms with E-state index >= 15 is 0 Å². The van der Waals surface area contributed by atoms with Crippen molar-refractivity contribution in [1.82, 2.24) is 10.6 Å². The first-order valence-electron chi connectivity index (χ1n) is 8.33. The molecule has 0 aliphatic carbocycles. The number of nitrogens with one attached hydrogen (secondary N) is 2. The normalized spacial score (nSPS) is 28.2. The Labute approximate surface area is 132 Å². The number of carbonyl (C=O) groups is 1. The smallest absolute Gasteiger partial charge is 0.220 e. The third-order valence-electron chi connectivity index (χ3n) is 5.02. The second-order valence-electron chi connectivity index (χ2n) is 6.75. The Morgan fingerprint density at radius 1 is 1.36 bits per heavy atom. The fraction of sp³-hybridized carbons (Fsp3) is 0.611. The highest BCUT2D eigenvalue weighted by atomic mass is 16.5. The lowest BCUT2D eigenvalue weighted by atomic mass is 9.89. The second kappa shape index (κ2) is 6.69. The number of methoxy groups -OCH3 is 1. The van der Waals surface area contributed by atoms with Crippen molar-refractivity contribution < 1.29 is 9.53 Å². The highest BCUT2D eigenvalue weighted by Crippen LogP contribution is 2.32. The molecule has 3 atom stereocenters. The van der Waals surface area contributed by atoms with Crippen LogP contribution in [0.5, 0.6) is 5.75 Å². The molecule has 1 amide bonds. The molecule has 3 rings (SSSR count). The van der Waals surface area contributed by atoms with Gasteiger partial charge in [-0.05, 0) is 56.2 Å². The van der Waals surface area contributed by atoms with Crippen molar-refractivity contribution in [3.05, 3.63) is 29.8 Å². The molecular formula is C18H26N2O2. The molecule has 1 aromatic carbocycles. The summed E-state index contributed by atoms with van der Waals surface area (Å²) in [6.07, 6.45) is 5.52. The zero-order chi connectivity index (χ0) is 15.5. The Morgan fingerprint density at radius 3 is 2.77 bits per heavy atom. The van der Waals surface area contributed by atoms with Crippen molar-refractivity contribution in [3.63, 3.8) is 0 Å². The monoisotopic (exact) mass is 302 g/mol. The summed E-state index contributed by atoms with van der Waals surface area (Å²) in [5.74, 6) is 1.53. The van der Waals surface area contributed by atoms with E-state index in [0.717, 1.165) is 24.2 Å². The molecule has 1 aromatic rings. The molecule has 2 saturated heterocycles. The van der Waals surface area contributed by atoms with Crippen molar-refractivity contribution >= 4 is 5.91 Å². The number of hydrogen-bond donors (Lipinski definition) is 2. The van der Waals surface area contributed by atoms with E-state index < -0.39 is 0 Å². The van der Waals surface area contributed by atoms with Crippen LogP contribution >= 0.6 is 0 Å². The minimum absolute atomic E-state index is 0.0148. The molecule has 2 bridgehead atoms. The first-order chi connectivity index (χ1) is 10.6. The summed E-state index contributed by atoms with van der Waals surface area (Å²) in [6.45, 7) is 2.03. The molecule has 3 unspecified atom stereocenters. The number of rotatable bonds is 5. The van der Waals surface area contributed by atoms with Gasteiger partial charge >= 0.3 is 0 Å². The van der Waals surface area contributed by atoms with Crippen LogP contribution in [0.15, 0.2) is 24.3 Å². The lowest BCUT2D eigenvalue weighted by Gasteiger charge is -2.29. The van der Waals surface area contributed by atoms with E-state index in [2.05, 4.69) is 10.6 Å². The van der Waals surface area contributed by atoms with E-state index in [9.17, 15) is 4.79 Å². The van der Waals surface area contributed by atoms with Crippen LogP contribution in [0.3, 0.4) is 0 Å². The van der Waals surface area contributed by atoms with Gasteiger partial charge in [-0.15, -0.1) is 0 Å². The van der Waals surface area contributed by atoms with Crippen LogP contribution in [0.25, 0.3) is 0 Å². The first kappa shape index (κ1) is 15.3. The third-order valence-corrected chi connectivity index (χ3v) is 5.02. The van der Waals surface area contributed by atoms with Crippen LogP contribution < -0.4 is 15.4 Å². The van der Waals surface area contributed by atoms with Crippen LogP contribution in [-0.4, -0.2) is 25.1 Å². The third kappa shape index (κ3) is 3.61. The molecule has 2 aliphatic rings. The molecule has 4 nitrogen and oxygen atoms in total. The standard InChI is InChI=1S/C18H26N2O2/c1-12(14-4-3-5-17(11-14)22-2)19-18(21)10-13-8-15-6-7-16(9-13)20-15/h3-5,11-13,15-16,20H,6-10H2,1-2H3,(H,19,21). The van der Waals surface area contributed by atoms with Crippen molar-refractivity contribution in [2.45, 2.75) is 57.2 Å². The molecule has 0 spiro atoms. The zero-order valence-corrected chi connectivity index (χ0v) is 13.5. The molecule has 2 N–H and O–H groups in total. The Hall–Kier alpha value is -1.55. The lowest BCUT2D eigenvalue weighted by Crippen LogP contribution is -2.40. The summed E-state index contributed by atoms with van der Waals surface area (Å²) in [5.41, 5.74) is 1.08. The number of amides is 1. The number of hydrogen-bond acceptors (Lipinski definition) is 3. The van der Waals surface area contributed by atoms with E-state index in [1.54, 1.807) is 7.11 Å². The van der Waals surface area contributed by atoms with Gasteiger partial charge in [0, 0.05) is 18.5 Å². The largest absolute Gasteiger partial charge is 0.497 e. The summed E-state index contributed by atoms with van der Waals surface area (Å²) >= 11 is 0. The molecular weight excluding hydrogens is 276 g/mol. The Balaban J connectivity index is 1.52. The van der Waals surface area contributed by atoms with Gasteiger partial charge in [0.25, 0.3) is 0 Å². The van der Waals surface area contributed by atoms with Crippen LogP contribution in [0.2, 0.25) is 0 Å². The maximum Gasteiger partial charge on any atom is 0.220 e. The number of fused-ring (bicyclic) bond motifs is 2. The predicted octanol–water partition coefficient (Wildman–Crippen LogP) is 2.79. The molecule has 4 heteroatoms. The van der Waals surface area contributed by atoms with E-state index in [0.29, 0.717) is 24.4 Å². The molecule has 0 radical (unpaired) electrons. The van der Waals surface area contributed by atoms with E-state index in [-0.39, 0.29) is 11.9 Å². The Kier molecular flexibility index (Phi) is 4.67. The summed E-state index contributed by atoms with van der Waals surface area (Å²) in [4.78, 5) is 12.3. The highest BCUT2D eigenvalue weighted by Gasteiger charge is 2.34. The van der Waals surface area contributed by atoms with Gasteiger partial charge in [0.15, 0.2) is 0 Å². The van der Waals surface area contributed by atoms with Gasteiger partial charge in [0.1, 0.15) is 5.75 Å². The quantitative estimate of drug-likeness (QED) is 0.879. The average molecular weight is 302 g/mol. The highest BCUT2D eigenvalue weighted by molar-refractivity contribution is 5.76. The van der Waals surface area contributed by atoms with Crippen LogP contribution in [0.4, 0.5) is 0 Å². The number of benzene rings is 1. The Morgan fingerprint density at radius 2 is 2.09 bits per heavy atom. The van der Waals surface area contributed by atoms with Gasteiger partial charge in [-0.2, -0.15) is 0 Å². The topological polar surface area (TPSA) is 50.4 Å². The molecule has 2 heterocycles. The lowest BCUT2D eigenvalue weighted by molar-refractivity contribution is -0.122. The molecule has 2 aliphatic heterocycles. The maximum absolute atomic E-state index is 12.3. The fourth-order valence-electron chi connectivity index (χ4n) is 3.90. The van der Waals surface area contributed by atoms with Gasteiger partial charge in [0.2, 0.25) is 5.91 Å². The molecule has 22 heavy (non-hydrogen) atoms. The van der Waals surface area contributed by atoms with Gasteiger partial charge in [0.05, 0.1) is 13.2 Å². The molecule has 0 saturated carbocycles. The minimum atomic E-state index is 0.0148. The second-order valence-corrected chi connectivity index (χ2v) is 6.75. The van der Waals surface area contributed by atoms with Gasteiger partial charge in [-0.25, -0.2) is 0 Å². The molecule has 2 fully saturated rings. The van der Waals surface area contributed by atoms with Gasteiger partial charge in [-0.1, -0.05) is 12.1 Å². The fourth-order valence-corrected chi connectivity index (χ4v) is 3.90. The summed E-state index contributed by atoms with van der Waals surface area (Å²) in [7, 11) is 1.66. The van der Waals surface area contributed by atoms with Gasteiger partial charge in [-0.3, -0.25) is 4.79 Å². The maximum atomic E-state index is 12.3. The Bertz CT molecular complexity index is 520. The van der Waals surface area contributed by atoms with Crippen molar-refractivity contribution in [3.8, 4) is 5.75 Å². The summed E-state index contributed by atoms with van der Waals surface area (Å²) in [6, 6.07) is 9.19. The number of carbonyl (C=O) groups excluding carboxylic acids is 1. The average Bonchev–Trinajstić information content (AvgIpc) is 2.86. The van der Waals surface area contributed by atoms with E-state index in [1.807, 2.05) is 31.2 Å². The van der Waals surface area contributed by atoms with Gasteiger partial charge < -0.3 is 15.4 Å². The SMILES string of the molecule is COc1cccc(C(C)NC(=O)CC2CC3CCC(C2)N3)c1. The summed E-state index contributed by atoms with van der Waals surface area (Å²) in [5, 5.41) is 6.76. The number of piperidine rings is 1. The van der Waals surface area contributed by atoms with E-state index in [4.69, 9.17) is 4.74 Å². The van der Waals surface area contributed by atoms with Crippen molar-refractivity contribution in [2.75, 3.05) is 7.11 Å². The number of ether oxygens (including phenoxy) is 1. The minimum Gasteiger partial charge on any atom is -0.497 e. The predicted molar refractivity (Wildman–Crippen MR) is 86.8 cm³/mol. The molecule has 120 valence electrons. The van der Waals surface area contributed by atoms with Crippen LogP contribution in [0, 0.1) is 5.92 Å².